The monoisotopic (exact) mass is 392 g/mol. The topological polar surface area (TPSA) is 105 Å². The summed E-state index contributed by atoms with van der Waals surface area (Å²) < 4.78 is 24.2. The number of carbonyl (C=O) groups excluding carboxylic acids is 1. The maximum atomic E-state index is 12.4. The zero-order valence-electron chi connectivity index (χ0n) is 15.4. The van der Waals surface area contributed by atoms with Gasteiger partial charge in [-0.2, -0.15) is 0 Å². The first-order valence-electron chi connectivity index (χ1n) is 8.65. The second-order valence-electron chi connectivity index (χ2n) is 6.52. The van der Waals surface area contributed by atoms with Crippen molar-refractivity contribution in [1.29, 1.82) is 0 Å². The van der Waals surface area contributed by atoms with Crippen LogP contribution >= 0.6 is 0 Å². The predicted octanol–water partition coefficient (Wildman–Crippen LogP) is 1.99. The Morgan fingerprint density at radius 3 is 2.33 bits per heavy atom. The Morgan fingerprint density at radius 2 is 1.81 bits per heavy atom. The molecule has 2 rings (SSSR count). The number of aromatic nitrogens is 1. The van der Waals surface area contributed by atoms with Crippen LogP contribution in [-0.2, 0) is 21.2 Å². The lowest BCUT2D eigenvalue weighted by Gasteiger charge is -2.29. The molecule has 2 aromatic rings. The fourth-order valence-corrected chi connectivity index (χ4v) is 4.62. The van der Waals surface area contributed by atoms with Crippen molar-refractivity contribution in [2.45, 2.75) is 37.5 Å². The number of benzene rings is 1. The van der Waals surface area contributed by atoms with E-state index in [0.717, 1.165) is 17.4 Å². The van der Waals surface area contributed by atoms with Gasteiger partial charge >= 0.3 is 0 Å². The third-order valence-electron chi connectivity index (χ3n) is 4.74. The summed E-state index contributed by atoms with van der Waals surface area (Å²) in [5, 5.41) is 9.04. The summed E-state index contributed by atoms with van der Waals surface area (Å²) in [5.41, 5.74) is 2.84. The van der Waals surface area contributed by atoms with Crippen LogP contribution < -0.4 is 11.0 Å². The molecule has 27 heavy (non-hydrogen) atoms. The van der Waals surface area contributed by atoms with E-state index >= 15 is 0 Å². The van der Waals surface area contributed by atoms with Gasteiger partial charge in [0.2, 0.25) is 0 Å². The number of nitrogens with one attached hydrogen (secondary N) is 1. The molecule has 1 aromatic heterocycles. The first-order chi connectivity index (χ1) is 12.7. The van der Waals surface area contributed by atoms with Gasteiger partial charge in [-0.15, -0.1) is 0 Å². The lowest BCUT2D eigenvalue weighted by molar-refractivity contribution is -0.132. The van der Waals surface area contributed by atoms with E-state index in [1.54, 1.807) is 19.2 Å². The van der Waals surface area contributed by atoms with Crippen molar-refractivity contribution in [1.82, 2.24) is 10.0 Å². The molecule has 0 bridgehead atoms. The molecule has 146 valence electrons. The number of hydroxylamine groups is 1. The van der Waals surface area contributed by atoms with Crippen molar-refractivity contribution in [2.75, 3.05) is 6.26 Å². The summed E-state index contributed by atoms with van der Waals surface area (Å²) in [6.07, 6.45) is 2.92. The summed E-state index contributed by atoms with van der Waals surface area (Å²) in [7, 11) is -3.82. The molecule has 2 N–H and O–H groups in total. The highest BCUT2D eigenvalue weighted by atomic mass is 32.2. The molecule has 0 saturated carbocycles. The Labute approximate surface area is 158 Å². The van der Waals surface area contributed by atoms with E-state index in [4.69, 9.17) is 5.21 Å². The molecular weight excluding hydrogens is 368 g/mol. The van der Waals surface area contributed by atoms with Crippen LogP contribution in [0.2, 0.25) is 0 Å². The minimum Gasteiger partial charge on any atom is -0.315 e. The maximum Gasteiger partial charge on any atom is 0.264 e. The van der Waals surface area contributed by atoms with Crippen LogP contribution in [0.4, 0.5) is 0 Å². The molecule has 0 radical (unpaired) electrons. The summed E-state index contributed by atoms with van der Waals surface area (Å²) in [6, 6.07) is 12.7. The van der Waals surface area contributed by atoms with Crippen LogP contribution in [0.15, 0.2) is 53.5 Å². The van der Waals surface area contributed by atoms with Crippen molar-refractivity contribution in [3.05, 3.63) is 59.0 Å². The fourth-order valence-electron chi connectivity index (χ4n) is 3.20. The number of rotatable bonds is 8. The van der Waals surface area contributed by atoms with E-state index in [1.807, 2.05) is 30.3 Å². The number of pyridine rings is 1. The normalized spacial score (nSPS) is 13.7. The van der Waals surface area contributed by atoms with Gasteiger partial charge < -0.3 is 4.57 Å². The SMILES string of the molecule is CCCC(CCn1ccc(-c2ccccc2)cc1=O)(C(=O)NO)S(C)(=O)=O. The third-order valence-corrected chi connectivity index (χ3v) is 6.75. The van der Waals surface area contributed by atoms with Crippen LogP contribution in [0, 0.1) is 0 Å². The molecule has 1 amide bonds. The van der Waals surface area contributed by atoms with Crippen LogP contribution in [0.1, 0.15) is 26.2 Å². The van der Waals surface area contributed by atoms with Crippen LogP contribution in [0.25, 0.3) is 11.1 Å². The van der Waals surface area contributed by atoms with Gasteiger partial charge in [0, 0.05) is 25.1 Å². The number of carbonyl (C=O) groups is 1. The zero-order chi connectivity index (χ0) is 20.1. The number of hydrogen-bond donors (Lipinski definition) is 2. The van der Waals surface area contributed by atoms with Crippen molar-refractivity contribution in [3.63, 3.8) is 0 Å². The van der Waals surface area contributed by atoms with E-state index in [0.29, 0.717) is 6.42 Å². The number of aryl methyl sites for hydroxylation is 1. The van der Waals surface area contributed by atoms with Gasteiger partial charge in [0.05, 0.1) is 0 Å². The zero-order valence-corrected chi connectivity index (χ0v) is 16.2. The van der Waals surface area contributed by atoms with Crippen molar-refractivity contribution in [3.8, 4) is 11.1 Å². The molecule has 0 fully saturated rings. The Hall–Kier alpha value is -2.45. The molecule has 1 unspecified atom stereocenters. The highest BCUT2D eigenvalue weighted by Crippen LogP contribution is 2.28. The van der Waals surface area contributed by atoms with E-state index in [9.17, 15) is 18.0 Å². The molecule has 8 heteroatoms. The quantitative estimate of drug-likeness (QED) is 0.528. The third kappa shape index (κ3) is 4.45. The minimum atomic E-state index is -3.82. The number of amides is 1. The molecule has 0 aliphatic heterocycles. The second-order valence-corrected chi connectivity index (χ2v) is 8.85. The van der Waals surface area contributed by atoms with Gasteiger partial charge in [-0.25, -0.2) is 13.9 Å². The van der Waals surface area contributed by atoms with Gasteiger partial charge in [-0.3, -0.25) is 14.8 Å². The van der Waals surface area contributed by atoms with Crippen molar-refractivity contribution in [2.24, 2.45) is 0 Å². The van der Waals surface area contributed by atoms with Gasteiger partial charge in [-0.1, -0.05) is 43.7 Å². The van der Waals surface area contributed by atoms with Gasteiger partial charge in [0.25, 0.3) is 11.5 Å². The molecule has 0 aliphatic carbocycles. The van der Waals surface area contributed by atoms with Crippen LogP contribution in [0.5, 0.6) is 0 Å². The molecule has 7 nitrogen and oxygen atoms in total. The Kier molecular flexibility index (Phi) is 6.56. The van der Waals surface area contributed by atoms with E-state index in [1.165, 1.54) is 16.1 Å². The molecule has 1 heterocycles. The molecular formula is C19H24N2O5S. The highest BCUT2D eigenvalue weighted by Gasteiger charge is 2.47. The Bertz CT molecular complexity index is 954. The molecule has 1 atom stereocenters. The summed E-state index contributed by atoms with van der Waals surface area (Å²) in [5.74, 6) is -0.971. The van der Waals surface area contributed by atoms with Crippen LogP contribution in [-0.4, -0.2) is 35.1 Å². The average molecular weight is 392 g/mol. The fraction of sp³-hybridized carbons (Fsp3) is 0.368. The van der Waals surface area contributed by atoms with Crippen molar-refractivity contribution >= 4 is 15.7 Å². The van der Waals surface area contributed by atoms with E-state index < -0.39 is 20.5 Å². The standard InChI is InChI=1S/C19H24N2O5S/c1-3-10-19(18(23)20-24,27(2,25)26)11-13-21-12-9-16(14-17(21)22)15-7-5-4-6-8-15/h4-9,12,14,24H,3,10-11,13H2,1-2H3,(H,20,23). The largest absolute Gasteiger partial charge is 0.315 e. The minimum absolute atomic E-state index is 0.0361. The predicted molar refractivity (Wildman–Crippen MR) is 103 cm³/mol. The summed E-state index contributed by atoms with van der Waals surface area (Å²) in [4.78, 5) is 24.6. The first-order valence-corrected chi connectivity index (χ1v) is 10.5. The van der Waals surface area contributed by atoms with E-state index in [2.05, 4.69) is 0 Å². The lowest BCUT2D eigenvalue weighted by atomic mass is 9.97. The molecule has 0 saturated heterocycles. The number of nitrogens with zero attached hydrogens (tertiary/aromatic N) is 1. The van der Waals surface area contributed by atoms with E-state index in [-0.39, 0.29) is 24.9 Å². The number of sulfone groups is 1. The van der Waals surface area contributed by atoms with Gasteiger partial charge in [-0.05, 0) is 30.0 Å². The molecule has 0 aliphatic rings. The maximum absolute atomic E-state index is 12.4. The number of hydrogen-bond acceptors (Lipinski definition) is 5. The first kappa shape index (κ1) is 20.9. The molecule has 0 spiro atoms. The van der Waals surface area contributed by atoms with Crippen molar-refractivity contribution < 1.29 is 18.4 Å². The Morgan fingerprint density at radius 1 is 1.15 bits per heavy atom. The smallest absolute Gasteiger partial charge is 0.264 e. The lowest BCUT2D eigenvalue weighted by Crippen LogP contribution is -2.52. The average Bonchev–Trinajstić information content (AvgIpc) is 2.65. The highest BCUT2D eigenvalue weighted by molar-refractivity contribution is 7.92. The summed E-state index contributed by atoms with van der Waals surface area (Å²) >= 11 is 0. The van der Waals surface area contributed by atoms with Gasteiger partial charge in [0.1, 0.15) is 0 Å². The molecule has 1 aromatic carbocycles. The van der Waals surface area contributed by atoms with Crippen LogP contribution in [0.3, 0.4) is 0 Å². The second kappa shape index (κ2) is 8.49. The Balaban J connectivity index is 2.32. The summed E-state index contributed by atoms with van der Waals surface area (Å²) in [6.45, 7) is 1.79. The van der Waals surface area contributed by atoms with Gasteiger partial charge in [0.15, 0.2) is 14.6 Å².